The summed E-state index contributed by atoms with van der Waals surface area (Å²) in [5.74, 6) is 0. The molecule has 0 bridgehead atoms. The second kappa shape index (κ2) is 7.00. The normalized spacial score (nSPS) is 19.3. The van der Waals surface area contributed by atoms with E-state index in [1.165, 1.54) is 18.5 Å². The molecule has 4 aromatic rings. The smallest absolute Gasteiger partial charge is 0.365 e. The van der Waals surface area contributed by atoms with Crippen LogP contribution in [0.1, 0.15) is 17.5 Å². The van der Waals surface area contributed by atoms with E-state index in [1.54, 1.807) is 35.4 Å². The predicted molar refractivity (Wildman–Crippen MR) is 105 cm³/mol. The summed E-state index contributed by atoms with van der Waals surface area (Å²) in [6.45, 7) is 0.379. The third-order valence-corrected chi connectivity index (χ3v) is 5.49. The molecule has 0 aliphatic carbocycles. The molecular formula is C21H16F4N6. The largest absolute Gasteiger partial charge is 0.416 e. The van der Waals surface area contributed by atoms with E-state index >= 15 is 4.39 Å². The number of hydrogen-bond donors (Lipinski definition) is 0. The van der Waals surface area contributed by atoms with Crippen LogP contribution >= 0.6 is 0 Å². The minimum atomic E-state index is -4.45. The summed E-state index contributed by atoms with van der Waals surface area (Å²) < 4.78 is 55.9. The lowest BCUT2D eigenvalue weighted by Crippen LogP contribution is -2.27. The molecule has 1 fully saturated rings. The molecule has 10 heteroatoms. The molecule has 31 heavy (non-hydrogen) atoms. The Kier molecular flexibility index (Phi) is 4.38. The summed E-state index contributed by atoms with van der Waals surface area (Å²) in [5.41, 5.74) is 0.223. The average molecular weight is 428 g/mol. The molecule has 0 N–H and O–H groups in total. The van der Waals surface area contributed by atoms with Crippen molar-refractivity contribution in [3.63, 3.8) is 0 Å². The fourth-order valence-corrected chi connectivity index (χ4v) is 3.88. The molecule has 3 aromatic heterocycles. The first-order valence-corrected chi connectivity index (χ1v) is 9.55. The Morgan fingerprint density at radius 2 is 1.77 bits per heavy atom. The summed E-state index contributed by atoms with van der Waals surface area (Å²) in [6, 6.07) is 6.09. The van der Waals surface area contributed by atoms with Gasteiger partial charge in [0.05, 0.1) is 23.5 Å². The van der Waals surface area contributed by atoms with Gasteiger partial charge in [0.2, 0.25) is 0 Å². The molecule has 1 unspecified atom stereocenters. The number of rotatable bonds is 3. The Balaban J connectivity index is 1.49. The fourth-order valence-electron chi connectivity index (χ4n) is 3.88. The zero-order valence-corrected chi connectivity index (χ0v) is 16.1. The van der Waals surface area contributed by atoms with Gasteiger partial charge in [0.1, 0.15) is 6.33 Å². The zero-order valence-electron chi connectivity index (χ0n) is 16.1. The van der Waals surface area contributed by atoms with Crippen LogP contribution in [-0.2, 0) is 11.8 Å². The molecule has 0 spiro atoms. The van der Waals surface area contributed by atoms with Gasteiger partial charge in [-0.25, -0.2) is 23.9 Å². The molecule has 0 radical (unpaired) electrons. The summed E-state index contributed by atoms with van der Waals surface area (Å²) in [6.07, 6.45) is 3.68. The maximum Gasteiger partial charge on any atom is 0.416 e. The number of nitrogens with zero attached hydrogens (tertiary/aromatic N) is 6. The van der Waals surface area contributed by atoms with Crippen molar-refractivity contribution in [2.24, 2.45) is 0 Å². The minimum absolute atomic E-state index is 0.00434. The maximum absolute atomic E-state index is 15.8. The fraction of sp³-hybridized carbons (Fsp3) is 0.238. The summed E-state index contributed by atoms with van der Waals surface area (Å²) in [7, 11) is 0. The first kappa shape index (κ1) is 19.4. The SMILES string of the molecule is FC(F)(F)c1ccc(C2(F)CCN(c3cc(-c4cncnc4)nn4ccnc34)C2)cc1. The molecule has 1 aliphatic heterocycles. The van der Waals surface area contributed by atoms with Gasteiger partial charge in [0.15, 0.2) is 11.3 Å². The Labute approximate surface area is 174 Å². The molecule has 1 atom stereocenters. The van der Waals surface area contributed by atoms with E-state index in [9.17, 15) is 13.2 Å². The molecule has 6 nitrogen and oxygen atoms in total. The maximum atomic E-state index is 15.8. The van der Waals surface area contributed by atoms with Crippen LogP contribution < -0.4 is 4.90 Å². The highest BCUT2D eigenvalue weighted by molar-refractivity contribution is 5.74. The van der Waals surface area contributed by atoms with Gasteiger partial charge in [-0.3, -0.25) is 0 Å². The van der Waals surface area contributed by atoms with Gasteiger partial charge >= 0.3 is 6.18 Å². The van der Waals surface area contributed by atoms with E-state index in [2.05, 4.69) is 20.1 Å². The topological polar surface area (TPSA) is 59.2 Å². The standard InChI is InChI=1S/C21H16F4N6/c22-20(15-1-3-16(4-2-15)21(23,24)25)5-7-30(12-20)18-9-17(14-10-26-13-27-11-14)29-31-8-6-28-19(18)31/h1-4,6,8-11,13H,5,7,12H2. The van der Waals surface area contributed by atoms with Gasteiger partial charge in [0, 0.05) is 43.3 Å². The van der Waals surface area contributed by atoms with Crippen LogP contribution in [0.25, 0.3) is 16.9 Å². The Hall–Kier alpha value is -3.56. The quantitative estimate of drug-likeness (QED) is 0.456. The molecule has 1 saturated heterocycles. The first-order chi connectivity index (χ1) is 14.8. The van der Waals surface area contributed by atoms with Gasteiger partial charge in [-0.1, -0.05) is 12.1 Å². The van der Waals surface area contributed by atoms with E-state index in [0.29, 0.717) is 29.1 Å². The number of halogens is 4. The van der Waals surface area contributed by atoms with Crippen LogP contribution in [0.2, 0.25) is 0 Å². The minimum Gasteiger partial charge on any atom is -0.365 e. The third-order valence-electron chi connectivity index (χ3n) is 5.49. The lowest BCUT2D eigenvalue weighted by molar-refractivity contribution is -0.137. The van der Waals surface area contributed by atoms with E-state index in [-0.39, 0.29) is 18.5 Å². The number of imidazole rings is 1. The van der Waals surface area contributed by atoms with Crippen molar-refractivity contribution in [1.82, 2.24) is 24.6 Å². The van der Waals surface area contributed by atoms with Crippen LogP contribution in [0.3, 0.4) is 0 Å². The van der Waals surface area contributed by atoms with E-state index in [1.807, 2.05) is 4.90 Å². The number of anilines is 1. The second-order valence-corrected chi connectivity index (χ2v) is 7.45. The van der Waals surface area contributed by atoms with Crippen molar-refractivity contribution in [3.05, 3.63) is 72.6 Å². The van der Waals surface area contributed by atoms with Gasteiger partial charge in [-0.15, -0.1) is 0 Å². The van der Waals surface area contributed by atoms with E-state index < -0.39 is 17.4 Å². The first-order valence-electron chi connectivity index (χ1n) is 9.55. The van der Waals surface area contributed by atoms with Crippen LogP contribution in [0.15, 0.2) is 61.4 Å². The number of fused-ring (bicyclic) bond motifs is 1. The number of aromatic nitrogens is 5. The molecule has 5 rings (SSSR count). The number of benzene rings is 1. The molecule has 4 heterocycles. The summed E-state index contributed by atoms with van der Waals surface area (Å²) in [5, 5.41) is 4.51. The van der Waals surface area contributed by atoms with E-state index in [4.69, 9.17) is 0 Å². The van der Waals surface area contributed by atoms with Gasteiger partial charge < -0.3 is 4.90 Å². The molecule has 158 valence electrons. The average Bonchev–Trinajstić information content (AvgIpc) is 3.40. The molecular weight excluding hydrogens is 412 g/mol. The van der Waals surface area contributed by atoms with Crippen LogP contribution in [0, 0.1) is 0 Å². The monoisotopic (exact) mass is 428 g/mol. The highest BCUT2D eigenvalue weighted by atomic mass is 19.4. The highest BCUT2D eigenvalue weighted by Gasteiger charge is 2.41. The third kappa shape index (κ3) is 3.47. The van der Waals surface area contributed by atoms with Crippen LogP contribution in [0.4, 0.5) is 23.2 Å². The molecule has 0 amide bonds. The van der Waals surface area contributed by atoms with Gasteiger partial charge in [0.25, 0.3) is 0 Å². The zero-order chi connectivity index (χ0) is 21.6. The predicted octanol–water partition coefficient (Wildman–Crippen LogP) is 4.28. The van der Waals surface area contributed by atoms with E-state index in [0.717, 1.165) is 12.1 Å². The second-order valence-electron chi connectivity index (χ2n) is 7.45. The Morgan fingerprint density at radius 1 is 1.03 bits per heavy atom. The molecule has 1 aromatic carbocycles. The van der Waals surface area contributed by atoms with Crippen LogP contribution in [-0.4, -0.2) is 37.7 Å². The van der Waals surface area contributed by atoms with Crippen molar-refractivity contribution in [2.45, 2.75) is 18.3 Å². The molecule has 1 aliphatic rings. The summed E-state index contributed by atoms with van der Waals surface area (Å²) in [4.78, 5) is 14.2. The lowest BCUT2D eigenvalue weighted by Gasteiger charge is -2.23. The Bertz CT molecular complexity index is 1220. The number of hydrogen-bond acceptors (Lipinski definition) is 5. The number of alkyl halides is 4. The van der Waals surface area contributed by atoms with Crippen molar-refractivity contribution in [1.29, 1.82) is 0 Å². The van der Waals surface area contributed by atoms with Gasteiger partial charge in [-0.2, -0.15) is 18.3 Å². The van der Waals surface area contributed by atoms with Gasteiger partial charge in [-0.05, 0) is 23.8 Å². The lowest BCUT2D eigenvalue weighted by atomic mass is 9.94. The van der Waals surface area contributed by atoms with Crippen molar-refractivity contribution >= 4 is 11.3 Å². The van der Waals surface area contributed by atoms with Crippen molar-refractivity contribution < 1.29 is 17.6 Å². The highest BCUT2D eigenvalue weighted by Crippen LogP contribution is 2.40. The van der Waals surface area contributed by atoms with Crippen molar-refractivity contribution in [3.8, 4) is 11.3 Å². The Morgan fingerprint density at radius 3 is 2.48 bits per heavy atom. The molecule has 0 saturated carbocycles. The van der Waals surface area contributed by atoms with Crippen LogP contribution in [0.5, 0.6) is 0 Å². The summed E-state index contributed by atoms with van der Waals surface area (Å²) >= 11 is 0. The van der Waals surface area contributed by atoms with Crippen molar-refractivity contribution in [2.75, 3.05) is 18.0 Å².